The van der Waals surface area contributed by atoms with E-state index in [4.69, 9.17) is 9.15 Å². The van der Waals surface area contributed by atoms with E-state index in [1.165, 1.54) is 6.92 Å². The van der Waals surface area contributed by atoms with Crippen LogP contribution in [0.3, 0.4) is 0 Å². The summed E-state index contributed by atoms with van der Waals surface area (Å²) in [7, 11) is 0. The summed E-state index contributed by atoms with van der Waals surface area (Å²) in [6.45, 7) is 6.14. The van der Waals surface area contributed by atoms with E-state index in [1.807, 2.05) is 37.3 Å². The molecule has 4 aromatic rings. The van der Waals surface area contributed by atoms with E-state index < -0.39 is 11.9 Å². The first kappa shape index (κ1) is 23.5. The number of nitrogens with zero attached hydrogens (tertiary/aromatic N) is 1. The van der Waals surface area contributed by atoms with E-state index in [1.54, 1.807) is 41.3 Å². The van der Waals surface area contributed by atoms with Crippen molar-refractivity contribution in [1.29, 1.82) is 0 Å². The van der Waals surface area contributed by atoms with Crippen LogP contribution in [0.1, 0.15) is 70.3 Å². The standard InChI is InChI=1S/C30H27NO5/c1-4-5-16-35-23-13-9-21(10-14-23)27-26-28(33)24-17-18(2)6-15-25(24)36-29(26)30(34)31(27)22-11-7-20(8-12-22)19(3)32/h6-15,17,27H,4-5,16H2,1-3H3. The molecule has 0 bridgehead atoms. The number of unbranched alkanes of at least 4 members (excludes halogenated alkanes) is 1. The fraction of sp³-hybridized carbons (Fsp3) is 0.233. The smallest absolute Gasteiger partial charge is 0.295 e. The molecule has 1 aromatic heterocycles. The largest absolute Gasteiger partial charge is 0.494 e. The predicted molar refractivity (Wildman–Crippen MR) is 139 cm³/mol. The number of fused-ring (bicyclic) bond motifs is 2. The maximum absolute atomic E-state index is 13.8. The van der Waals surface area contributed by atoms with Crippen LogP contribution in [0.2, 0.25) is 0 Å². The third-order valence-corrected chi connectivity index (χ3v) is 6.54. The van der Waals surface area contributed by atoms with Gasteiger partial charge < -0.3 is 9.15 Å². The van der Waals surface area contributed by atoms with Crippen LogP contribution in [0.5, 0.6) is 5.75 Å². The Kier molecular flexibility index (Phi) is 6.18. The highest BCUT2D eigenvalue weighted by Gasteiger charge is 2.43. The molecule has 3 aromatic carbocycles. The fourth-order valence-electron chi connectivity index (χ4n) is 4.61. The summed E-state index contributed by atoms with van der Waals surface area (Å²) >= 11 is 0. The molecule has 1 amide bonds. The summed E-state index contributed by atoms with van der Waals surface area (Å²) in [5.41, 5.74) is 3.28. The second-order valence-electron chi connectivity index (χ2n) is 9.13. The third kappa shape index (κ3) is 4.09. The summed E-state index contributed by atoms with van der Waals surface area (Å²) in [5.74, 6) is 0.315. The van der Waals surface area contributed by atoms with Crippen molar-refractivity contribution in [2.24, 2.45) is 0 Å². The van der Waals surface area contributed by atoms with Gasteiger partial charge in [0.25, 0.3) is 5.91 Å². The van der Waals surface area contributed by atoms with Gasteiger partial charge in [0, 0.05) is 11.3 Å². The highest BCUT2D eigenvalue weighted by molar-refractivity contribution is 6.11. The number of benzene rings is 3. The van der Waals surface area contributed by atoms with Gasteiger partial charge in [-0.15, -0.1) is 0 Å². The van der Waals surface area contributed by atoms with E-state index >= 15 is 0 Å². The van der Waals surface area contributed by atoms with Gasteiger partial charge in [0.1, 0.15) is 11.3 Å². The molecule has 1 atom stereocenters. The van der Waals surface area contributed by atoms with Gasteiger partial charge >= 0.3 is 0 Å². The van der Waals surface area contributed by atoms with Gasteiger partial charge in [-0.1, -0.05) is 37.1 Å². The summed E-state index contributed by atoms with van der Waals surface area (Å²) in [6.07, 6.45) is 2.00. The van der Waals surface area contributed by atoms with Crippen molar-refractivity contribution in [2.45, 2.75) is 39.7 Å². The van der Waals surface area contributed by atoms with Crippen molar-refractivity contribution < 1.29 is 18.7 Å². The van der Waals surface area contributed by atoms with Crippen LogP contribution < -0.4 is 15.1 Å². The topological polar surface area (TPSA) is 76.8 Å². The molecule has 0 N–H and O–H groups in total. The van der Waals surface area contributed by atoms with Crippen LogP contribution in [-0.4, -0.2) is 18.3 Å². The van der Waals surface area contributed by atoms with E-state index in [2.05, 4.69) is 6.92 Å². The van der Waals surface area contributed by atoms with Crippen molar-refractivity contribution in [3.8, 4) is 5.75 Å². The number of hydrogen-bond donors (Lipinski definition) is 0. The lowest BCUT2D eigenvalue weighted by Gasteiger charge is -2.25. The quantitative estimate of drug-likeness (QED) is 0.231. The monoisotopic (exact) mass is 481 g/mol. The number of Topliss-reactive ketones (excluding diaryl/α,β-unsaturated/α-hetero) is 1. The number of hydrogen-bond acceptors (Lipinski definition) is 5. The molecule has 0 radical (unpaired) electrons. The Bertz CT molecular complexity index is 1520. The molecule has 5 rings (SSSR count). The summed E-state index contributed by atoms with van der Waals surface area (Å²) < 4.78 is 11.8. The minimum Gasteiger partial charge on any atom is -0.494 e. The molecular weight excluding hydrogens is 454 g/mol. The molecule has 0 spiro atoms. The van der Waals surface area contributed by atoms with Gasteiger partial charge in [-0.05, 0) is 74.4 Å². The van der Waals surface area contributed by atoms with Crippen LogP contribution in [-0.2, 0) is 0 Å². The molecule has 6 nitrogen and oxygen atoms in total. The van der Waals surface area contributed by atoms with E-state index in [-0.39, 0.29) is 17.0 Å². The maximum atomic E-state index is 13.8. The Hall–Kier alpha value is -4.19. The normalized spacial score (nSPS) is 14.8. The molecule has 0 fully saturated rings. The zero-order chi connectivity index (χ0) is 25.4. The average molecular weight is 482 g/mol. The molecule has 6 heteroatoms. The molecule has 0 aliphatic carbocycles. The molecule has 0 saturated heterocycles. The Morgan fingerprint density at radius 2 is 1.72 bits per heavy atom. The SMILES string of the molecule is CCCCOc1ccc(C2c3c(oc4ccc(C)cc4c3=O)C(=O)N2c2ccc(C(C)=O)cc2)cc1. The van der Waals surface area contributed by atoms with Gasteiger partial charge in [0.05, 0.1) is 23.6 Å². The van der Waals surface area contributed by atoms with Crippen molar-refractivity contribution in [1.82, 2.24) is 0 Å². The Balaban J connectivity index is 1.66. The zero-order valence-electron chi connectivity index (χ0n) is 20.5. The number of anilines is 1. The van der Waals surface area contributed by atoms with Gasteiger partial charge in [0.2, 0.25) is 5.76 Å². The lowest BCUT2D eigenvalue weighted by Crippen LogP contribution is -2.29. The molecule has 1 unspecified atom stereocenters. The Morgan fingerprint density at radius 3 is 2.39 bits per heavy atom. The van der Waals surface area contributed by atoms with Gasteiger partial charge in [0.15, 0.2) is 11.2 Å². The number of carbonyl (C=O) groups excluding carboxylic acids is 2. The number of carbonyl (C=O) groups is 2. The van der Waals surface area contributed by atoms with Crippen LogP contribution >= 0.6 is 0 Å². The van der Waals surface area contributed by atoms with Gasteiger partial charge in [-0.2, -0.15) is 0 Å². The number of ether oxygens (including phenoxy) is 1. The first-order valence-corrected chi connectivity index (χ1v) is 12.1. The minimum atomic E-state index is -0.679. The average Bonchev–Trinajstić information content (AvgIpc) is 3.17. The molecule has 36 heavy (non-hydrogen) atoms. The lowest BCUT2D eigenvalue weighted by atomic mass is 9.97. The van der Waals surface area contributed by atoms with Crippen molar-refractivity contribution in [2.75, 3.05) is 11.5 Å². The van der Waals surface area contributed by atoms with E-state index in [0.717, 1.165) is 29.7 Å². The summed E-state index contributed by atoms with van der Waals surface area (Å²) in [5, 5.41) is 0.444. The summed E-state index contributed by atoms with van der Waals surface area (Å²) in [4.78, 5) is 40.8. The first-order chi connectivity index (χ1) is 17.4. The summed E-state index contributed by atoms with van der Waals surface area (Å²) in [6, 6.07) is 19.0. The third-order valence-electron chi connectivity index (χ3n) is 6.54. The van der Waals surface area contributed by atoms with Gasteiger partial charge in [-0.3, -0.25) is 19.3 Å². The van der Waals surface area contributed by atoms with Crippen molar-refractivity contribution >= 4 is 28.3 Å². The predicted octanol–water partition coefficient (Wildman–Crippen LogP) is 6.23. The molecular formula is C30H27NO5. The molecule has 2 heterocycles. The van der Waals surface area contributed by atoms with Crippen LogP contribution in [0.4, 0.5) is 5.69 Å². The van der Waals surface area contributed by atoms with Crippen LogP contribution in [0, 0.1) is 6.92 Å². The van der Waals surface area contributed by atoms with E-state index in [0.29, 0.717) is 34.4 Å². The molecule has 1 aliphatic heterocycles. The minimum absolute atomic E-state index is 0.0419. The van der Waals surface area contributed by atoms with Crippen molar-refractivity contribution in [3.63, 3.8) is 0 Å². The molecule has 0 saturated carbocycles. The first-order valence-electron chi connectivity index (χ1n) is 12.1. The van der Waals surface area contributed by atoms with Crippen molar-refractivity contribution in [3.05, 3.63) is 105 Å². The Morgan fingerprint density at radius 1 is 1.00 bits per heavy atom. The maximum Gasteiger partial charge on any atom is 0.295 e. The number of aryl methyl sites for hydroxylation is 1. The van der Waals surface area contributed by atoms with Crippen LogP contribution in [0.15, 0.2) is 75.9 Å². The van der Waals surface area contributed by atoms with E-state index in [9.17, 15) is 14.4 Å². The number of ketones is 1. The van der Waals surface area contributed by atoms with Gasteiger partial charge in [-0.25, -0.2) is 0 Å². The lowest BCUT2D eigenvalue weighted by molar-refractivity contribution is 0.0970. The van der Waals surface area contributed by atoms with Crippen LogP contribution in [0.25, 0.3) is 11.0 Å². The number of amides is 1. The molecule has 1 aliphatic rings. The second-order valence-corrected chi connectivity index (χ2v) is 9.13. The Labute approximate surface area is 209 Å². The fourth-order valence-corrected chi connectivity index (χ4v) is 4.61. The highest BCUT2D eigenvalue weighted by Crippen LogP contribution is 2.41. The number of rotatable bonds is 7. The molecule has 182 valence electrons. The zero-order valence-corrected chi connectivity index (χ0v) is 20.5. The highest BCUT2D eigenvalue weighted by atomic mass is 16.5. The second kappa shape index (κ2) is 9.46.